The van der Waals surface area contributed by atoms with Crippen LogP contribution in [0.2, 0.25) is 5.02 Å². The molecule has 1 heterocycles. The Kier molecular flexibility index (Phi) is 9.89. The van der Waals surface area contributed by atoms with E-state index in [1.807, 2.05) is 18.2 Å². The van der Waals surface area contributed by atoms with Gasteiger partial charge in [0.1, 0.15) is 12.6 Å². The summed E-state index contributed by atoms with van der Waals surface area (Å²) in [5.74, 6) is -0.417. The number of nitrogens with one attached hydrogen (secondary N) is 1. The normalized spacial score (nSPS) is 16.6. The van der Waals surface area contributed by atoms with E-state index in [2.05, 4.69) is 51.5 Å². The van der Waals surface area contributed by atoms with Gasteiger partial charge >= 0.3 is 0 Å². The SMILES string of the molecule is CC(NC(=O)COCCN1CCN(C(c2ccccc2)c2ccc(Cl)cc2)CC1)C(=O)N(C)C. The zero-order chi connectivity index (χ0) is 24.5. The third kappa shape index (κ3) is 7.53. The van der Waals surface area contributed by atoms with Crippen molar-refractivity contribution in [2.75, 3.05) is 60.0 Å². The minimum Gasteiger partial charge on any atom is -0.370 e. The highest BCUT2D eigenvalue weighted by molar-refractivity contribution is 6.30. The number of hydrogen-bond acceptors (Lipinski definition) is 5. The molecule has 2 aromatic carbocycles. The number of carbonyl (C=O) groups is 2. The Labute approximate surface area is 207 Å². The number of halogens is 1. The van der Waals surface area contributed by atoms with Crippen molar-refractivity contribution in [1.82, 2.24) is 20.0 Å². The first-order chi connectivity index (χ1) is 16.3. The minimum atomic E-state index is -0.558. The Balaban J connectivity index is 1.45. The fourth-order valence-electron chi connectivity index (χ4n) is 4.23. The Morgan fingerprint density at radius 1 is 1.00 bits per heavy atom. The van der Waals surface area contributed by atoms with E-state index in [1.54, 1.807) is 21.0 Å². The van der Waals surface area contributed by atoms with Gasteiger partial charge in [-0.3, -0.25) is 19.4 Å². The van der Waals surface area contributed by atoms with Crippen molar-refractivity contribution in [3.05, 3.63) is 70.7 Å². The van der Waals surface area contributed by atoms with E-state index in [0.717, 1.165) is 37.7 Å². The van der Waals surface area contributed by atoms with E-state index < -0.39 is 6.04 Å². The van der Waals surface area contributed by atoms with Crippen LogP contribution < -0.4 is 5.32 Å². The average molecular weight is 487 g/mol. The quantitative estimate of drug-likeness (QED) is 0.523. The molecule has 1 saturated heterocycles. The number of amides is 2. The number of hydrogen-bond donors (Lipinski definition) is 1. The van der Waals surface area contributed by atoms with Crippen LogP contribution in [0.1, 0.15) is 24.1 Å². The smallest absolute Gasteiger partial charge is 0.246 e. The van der Waals surface area contributed by atoms with Gasteiger partial charge in [0.25, 0.3) is 0 Å². The summed E-state index contributed by atoms with van der Waals surface area (Å²) < 4.78 is 5.56. The summed E-state index contributed by atoms with van der Waals surface area (Å²) in [4.78, 5) is 30.2. The molecule has 1 fully saturated rings. The molecule has 8 heteroatoms. The van der Waals surface area contributed by atoms with Crippen LogP contribution in [0.4, 0.5) is 0 Å². The maximum atomic E-state index is 12.0. The van der Waals surface area contributed by atoms with E-state index in [-0.39, 0.29) is 24.5 Å². The Morgan fingerprint density at radius 3 is 2.24 bits per heavy atom. The van der Waals surface area contributed by atoms with E-state index in [4.69, 9.17) is 16.3 Å². The summed E-state index contributed by atoms with van der Waals surface area (Å²) in [7, 11) is 3.33. The molecular weight excluding hydrogens is 452 g/mol. The highest BCUT2D eigenvalue weighted by atomic mass is 35.5. The number of likely N-dealkylation sites (N-methyl/N-ethyl adjacent to an activating group) is 1. The highest BCUT2D eigenvalue weighted by Gasteiger charge is 2.26. The lowest BCUT2D eigenvalue weighted by atomic mass is 9.96. The zero-order valence-electron chi connectivity index (χ0n) is 20.2. The average Bonchev–Trinajstić information content (AvgIpc) is 2.84. The molecule has 1 aliphatic rings. The van der Waals surface area contributed by atoms with Crippen LogP contribution in [-0.2, 0) is 14.3 Å². The third-order valence-electron chi connectivity index (χ3n) is 6.05. The first-order valence-corrected chi connectivity index (χ1v) is 12.1. The molecule has 0 bridgehead atoms. The number of carbonyl (C=O) groups excluding carboxylic acids is 2. The Hall–Kier alpha value is -2.45. The number of benzene rings is 2. The van der Waals surface area contributed by atoms with Gasteiger partial charge in [0.2, 0.25) is 11.8 Å². The fourth-order valence-corrected chi connectivity index (χ4v) is 4.36. The lowest BCUT2D eigenvalue weighted by Crippen LogP contribution is -2.48. The number of ether oxygens (including phenoxy) is 1. The summed E-state index contributed by atoms with van der Waals surface area (Å²) in [5.41, 5.74) is 2.51. The standard InChI is InChI=1S/C26H35ClN4O3/c1-20(26(33)29(2)3)28-24(32)19-34-18-17-30-13-15-31(16-14-30)25(21-7-5-4-6-8-21)22-9-11-23(27)12-10-22/h4-12,20,25H,13-19H2,1-3H3,(H,28,32). The molecule has 2 amide bonds. The van der Waals surface area contributed by atoms with Crippen LogP contribution >= 0.6 is 11.6 Å². The molecule has 2 unspecified atom stereocenters. The number of nitrogens with zero attached hydrogens (tertiary/aromatic N) is 3. The molecule has 3 rings (SSSR count). The molecule has 184 valence electrons. The van der Waals surface area contributed by atoms with E-state index in [0.29, 0.717) is 6.61 Å². The second-order valence-corrected chi connectivity index (χ2v) is 9.25. The fraction of sp³-hybridized carbons (Fsp3) is 0.462. The van der Waals surface area contributed by atoms with E-state index in [9.17, 15) is 9.59 Å². The Morgan fingerprint density at radius 2 is 1.62 bits per heavy atom. The third-order valence-corrected chi connectivity index (χ3v) is 6.30. The zero-order valence-corrected chi connectivity index (χ0v) is 21.0. The lowest BCUT2D eigenvalue weighted by Gasteiger charge is -2.39. The van der Waals surface area contributed by atoms with Gasteiger partial charge in [0, 0.05) is 51.8 Å². The van der Waals surface area contributed by atoms with Gasteiger partial charge in [-0.25, -0.2) is 0 Å². The summed E-state index contributed by atoms with van der Waals surface area (Å²) in [6.45, 7) is 6.61. The molecule has 7 nitrogen and oxygen atoms in total. The second-order valence-electron chi connectivity index (χ2n) is 8.82. The van der Waals surface area contributed by atoms with Crippen molar-refractivity contribution in [2.45, 2.75) is 19.0 Å². The largest absolute Gasteiger partial charge is 0.370 e. The van der Waals surface area contributed by atoms with Crippen molar-refractivity contribution in [3.63, 3.8) is 0 Å². The highest BCUT2D eigenvalue weighted by Crippen LogP contribution is 2.30. The first kappa shape index (κ1) is 26.2. The van der Waals surface area contributed by atoms with Crippen LogP contribution in [0.25, 0.3) is 0 Å². The lowest BCUT2D eigenvalue weighted by molar-refractivity contribution is -0.135. The molecule has 0 saturated carbocycles. The topological polar surface area (TPSA) is 65.1 Å². The van der Waals surface area contributed by atoms with Gasteiger partial charge in [-0.2, -0.15) is 0 Å². The molecule has 2 atom stereocenters. The maximum Gasteiger partial charge on any atom is 0.246 e. The van der Waals surface area contributed by atoms with Crippen molar-refractivity contribution < 1.29 is 14.3 Å². The summed E-state index contributed by atoms with van der Waals surface area (Å²) in [6.07, 6.45) is 0. The van der Waals surface area contributed by atoms with Gasteiger partial charge in [0.05, 0.1) is 12.6 Å². The van der Waals surface area contributed by atoms with Crippen LogP contribution in [0, 0.1) is 0 Å². The van der Waals surface area contributed by atoms with Crippen molar-refractivity contribution in [1.29, 1.82) is 0 Å². The predicted molar refractivity (Wildman–Crippen MR) is 135 cm³/mol. The van der Waals surface area contributed by atoms with Crippen molar-refractivity contribution in [3.8, 4) is 0 Å². The van der Waals surface area contributed by atoms with Gasteiger partial charge in [-0.15, -0.1) is 0 Å². The number of rotatable bonds is 10. The van der Waals surface area contributed by atoms with Crippen molar-refractivity contribution in [2.24, 2.45) is 0 Å². The second kappa shape index (κ2) is 12.9. The van der Waals surface area contributed by atoms with Gasteiger partial charge in [-0.05, 0) is 30.2 Å². The van der Waals surface area contributed by atoms with Crippen LogP contribution in [0.15, 0.2) is 54.6 Å². The molecule has 0 aromatic heterocycles. The number of piperazine rings is 1. The van der Waals surface area contributed by atoms with Crippen LogP contribution in [0.5, 0.6) is 0 Å². The summed E-state index contributed by atoms with van der Waals surface area (Å²) >= 11 is 6.12. The molecule has 2 aromatic rings. The molecule has 0 radical (unpaired) electrons. The minimum absolute atomic E-state index is 0.0440. The summed E-state index contributed by atoms with van der Waals surface area (Å²) in [5, 5.41) is 3.41. The molecule has 1 N–H and O–H groups in total. The molecule has 1 aliphatic heterocycles. The van der Waals surface area contributed by atoms with Gasteiger partial charge in [-0.1, -0.05) is 54.1 Å². The van der Waals surface area contributed by atoms with Gasteiger partial charge in [0.15, 0.2) is 0 Å². The maximum absolute atomic E-state index is 12.0. The predicted octanol–water partition coefficient (Wildman–Crippen LogP) is 2.66. The van der Waals surface area contributed by atoms with Crippen LogP contribution in [-0.4, -0.2) is 92.6 Å². The molecular formula is C26H35ClN4O3. The molecule has 0 spiro atoms. The Bertz CT molecular complexity index is 915. The monoisotopic (exact) mass is 486 g/mol. The van der Waals surface area contributed by atoms with Gasteiger partial charge < -0.3 is 15.0 Å². The molecule has 0 aliphatic carbocycles. The van der Waals surface area contributed by atoms with E-state index in [1.165, 1.54) is 16.0 Å². The van der Waals surface area contributed by atoms with Crippen LogP contribution in [0.3, 0.4) is 0 Å². The molecule has 34 heavy (non-hydrogen) atoms. The summed E-state index contributed by atoms with van der Waals surface area (Å²) in [6, 6.07) is 18.3. The first-order valence-electron chi connectivity index (χ1n) is 11.7. The van der Waals surface area contributed by atoms with Crippen molar-refractivity contribution >= 4 is 23.4 Å². The van der Waals surface area contributed by atoms with E-state index >= 15 is 0 Å².